The summed E-state index contributed by atoms with van der Waals surface area (Å²) in [5, 5.41) is 4.76. The van der Waals surface area contributed by atoms with Crippen molar-refractivity contribution in [1.29, 1.82) is 0 Å². The number of aryl methyl sites for hydroxylation is 1. The number of fused-ring (bicyclic) bond motifs is 1. The number of rotatable bonds is 6. The van der Waals surface area contributed by atoms with Crippen LogP contribution in [0.4, 0.5) is 0 Å². The van der Waals surface area contributed by atoms with Gasteiger partial charge in [-0.3, -0.25) is 25.2 Å². The minimum Gasteiger partial charge on any atom is -0.455 e. The van der Waals surface area contributed by atoms with Gasteiger partial charge in [0.25, 0.3) is 11.8 Å². The molecule has 0 aliphatic heterocycles. The zero-order chi connectivity index (χ0) is 28.1. The molecule has 0 unspecified atom stereocenters. The fourth-order valence-electron chi connectivity index (χ4n) is 4.85. The zero-order valence-corrected chi connectivity index (χ0v) is 22.5. The van der Waals surface area contributed by atoms with E-state index in [2.05, 4.69) is 21.4 Å². The monoisotopic (exact) mass is 554 g/mol. The Balaban J connectivity index is 1.34. The Labute approximate surface area is 236 Å². The van der Waals surface area contributed by atoms with E-state index in [-0.39, 0.29) is 22.3 Å². The predicted molar refractivity (Wildman–Crippen MR) is 152 cm³/mol. The SMILES string of the molecule is Cc1c(C(=O)NNC(=O)c2ccccc2Cl)oc2c1/C(=N/NC(=O)C(c1ccccc1)c1ccccc1)CCC2. The van der Waals surface area contributed by atoms with Crippen LogP contribution in [-0.4, -0.2) is 23.4 Å². The smallest absolute Gasteiger partial charge is 0.305 e. The molecule has 4 aromatic rings. The molecule has 0 saturated heterocycles. The van der Waals surface area contributed by atoms with E-state index >= 15 is 0 Å². The van der Waals surface area contributed by atoms with Crippen LogP contribution in [-0.2, 0) is 11.2 Å². The van der Waals surface area contributed by atoms with Gasteiger partial charge < -0.3 is 4.42 Å². The molecule has 8 nitrogen and oxygen atoms in total. The van der Waals surface area contributed by atoms with E-state index in [9.17, 15) is 14.4 Å². The molecule has 0 fully saturated rings. The van der Waals surface area contributed by atoms with Gasteiger partial charge in [-0.05, 0) is 43.0 Å². The molecule has 0 radical (unpaired) electrons. The first kappa shape index (κ1) is 26.9. The number of carbonyl (C=O) groups is 3. The van der Waals surface area contributed by atoms with E-state index in [0.717, 1.165) is 17.5 Å². The quantitative estimate of drug-likeness (QED) is 0.280. The van der Waals surface area contributed by atoms with Crippen molar-refractivity contribution in [3.05, 3.63) is 129 Å². The van der Waals surface area contributed by atoms with Crippen molar-refractivity contribution in [2.45, 2.75) is 32.1 Å². The third kappa shape index (κ3) is 5.67. The Hall–Kier alpha value is -4.69. The summed E-state index contributed by atoms with van der Waals surface area (Å²) < 4.78 is 5.90. The topological polar surface area (TPSA) is 113 Å². The predicted octanol–water partition coefficient (Wildman–Crippen LogP) is 5.30. The van der Waals surface area contributed by atoms with Gasteiger partial charge in [0.05, 0.1) is 22.2 Å². The first-order chi connectivity index (χ1) is 19.4. The highest BCUT2D eigenvalue weighted by Crippen LogP contribution is 2.30. The second-order valence-corrected chi connectivity index (χ2v) is 9.79. The van der Waals surface area contributed by atoms with Gasteiger partial charge in [0, 0.05) is 17.5 Å². The zero-order valence-electron chi connectivity index (χ0n) is 21.7. The molecule has 0 atom stereocenters. The molecule has 1 heterocycles. The van der Waals surface area contributed by atoms with Crippen LogP contribution in [0.15, 0.2) is 94.4 Å². The molecule has 0 spiro atoms. The Kier molecular flexibility index (Phi) is 8.07. The number of carbonyl (C=O) groups excluding carboxylic acids is 3. The fraction of sp³-hybridized carbons (Fsp3) is 0.161. The molecule has 3 N–H and O–H groups in total. The Morgan fingerprint density at radius 2 is 1.43 bits per heavy atom. The van der Waals surface area contributed by atoms with Crippen LogP contribution >= 0.6 is 11.6 Å². The number of hydrogen-bond acceptors (Lipinski definition) is 5. The second kappa shape index (κ2) is 12.0. The molecular weight excluding hydrogens is 528 g/mol. The summed E-state index contributed by atoms with van der Waals surface area (Å²) in [5.74, 6) is -1.28. The fourth-order valence-corrected chi connectivity index (χ4v) is 5.07. The maximum absolute atomic E-state index is 13.4. The number of halogens is 1. The molecule has 40 heavy (non-hydrogen) atoms. The van der Waals surface area contributed by atoms with Crippen LogP contribution in [0.1, 0.15) is 67.7 Å². The molecule has 0 saturated carbocycles. The number of hydrazine groups is 1. The van der Waals surface area contributed by atoms with Crippen molar-refractivity contribution in [3.8, 4) is 0 Å². The molecule has 3 aromatic carbocycles. The lowest BCUT2D eigenvalue weighted by molar-refractivity contribution is -0.121. The number of nitrogens with one attached hydrogen (secondary N) is 3. The van der Waals surface area contributed by atoms with Crippen LogP contribution < -0.4 is 16.3 Å². The molecule has 5 rings (SSSR count). The maximum atomic E-state index is 13.4. The minimum atomic E-state index is -0.607. The lowest BCUT2D eigenvalue weighted by atomic mass is 9.90. The molecule has 1 aliphatic carbocycles. The van der Waals surface area contributed by atoms with Gasteiger partial charge in [0.2, 0.25) is 0 Å². The van der Waals surface area contributed by atoms with Crippen LogP contribution in [0.5, 0.6) is 0 Å². The van der Waals surface area contributed by atoms with Crippen molar-refractivity contribution in [2.75, 3.05) is 0 Å². The molecule has 3 amide bonds. The van der Waals surface area contributed by atoms with Crippen LogP contribution in [0, 0.1) is 6.92 Å². The molecular formula is C31H27ClN4O4. The molecule has 9 heteroatoms. The van der Waals surface area contributed by atoms with Gasteiger partial charge >= 0.3 is 5.91 Å². The molecule has 1 aromatic heterocycles. The average molecular weight is 555 g/mol. The van der Waals surface area contributed by atoms with Gasteiger partial charge in [0.15, 0.2) is 5.76 Å². The minimum absolute atomic E-state index is 0.0665. The summed E-state index contributed by atoms with van der Waals surface area (Å²) in [6.07, 6.45) is 1.98. The first-order valence-electron chi connectivity index (χ1n) is 12.9. The first-order valence-corrected chi connectivity index (χ1v) is 13.3. The van der Waals surface area contributed by atoms with Crippen molar-refractivity contribution < 1.29 is 18.8 Å². The summed E-state index contributed by atoms with van der Waals surface area (Å²) in [5.41, 5.74) is 11.4. The van der Waals surface area contributed by atoms with Gasteiger partial charge in [-0.25, -0.2) is 5.43 Å². The van der Waals surface area contributed by atoms with Gasteiger partial charge in [-0.2, -0.15) is 5.10 Å². The largest absolute Gasteiger partial charge is 0.455 e. The Morgan fingerprint density at radius 1 is 0.825 bits per heavy atom. The average Bonchev–Trinajstić information content (AvgIpc) is 3.33. The third-order valence-corrected chi connectivity index (χ3v) is 7.10. The van der Waals surface area contributed by atoms with E-state index in [1.54, 1.807) is 31.2 Å². The van der Waals surface area contributed by atoms with Gasteiger partial charge in [-0.15, -0.1) is 0 Å². The normalized spacial score (nSPS) is 13.5. The van der Waals surface area contributed by atoms with Gasteiger partial charge in [-0.1, -0.05) is 84.4 Å². The standard InChI is InChI=1S/C31H27ClN4O4/c1-19-26-24(33-35-30(38)27(20-11-4-2-5-12-20)21-13-6-3-7-14-21)17-10-18-25(26)40-28(19)31(39)36-34-29(37)22-15-8-9-16-23(22)32/h2-9,11-16,27H,10,17-18H2,1H3,(H,34,37)(H,35,38)(H,36,39)/b33-24+. The van der Waals surface area contributed by atoms with Gasteiger partial charge in [0.1, 0.15) is 5.76 Å². The van der Waals surface area contributed by atoms with Crippen molar-refractivity contribution in [2.24, 2.45) is 5.10 Å². The number of hydrogen-bond donors (Lipinski definition) is 3. The lowest BCUT2D eigenvalue weighted by Gasteiger charge is -2.18. The Bertz CT molecular complexity index is 1540. The summed E-state index contributed by atoms with van der Waals surface area (Å²) in [4.78, 5) is 38.8. The second-order valence-electron chi connectivity index (χ2n) is 9.38. The number of hydrazone groups is 1. The van der Waals surface area contributed by atoms with E-state index < -0.39 is 17.7 Å². The lowest BCUT2D eigenvalue weighted by Crippen LogP contribution is -2.41. The molecule has 0 bridgehead atoms. The number of nitrogens with zero attached hydrogens (tertiary/aromatic N) is 1. The number of furan rings is 1. The summed E-state index contributed by atoms with van der Waals surface area (Å²) in [6.45, 7) is 1.76. The van der Waals surface area contributed by atoms with Crippen LogP contribution in [0.2, 0.25) is 5.02 Å². The van der Waals surface area contributed by atoms with Crippen molar-refractivity contribution in [1.82, 2.24) is 16.3 Å². The van der Waals surface area contributed by atoms with E-state index in [1.165, 1.54) is 0 Å². The van der Waals surface area contributed by atoms with Crippen molar-refractivity contribution >= 4 is 35.0 Å². The summed E-state index contributed by atoms with van der Waals surface area (Å²) >= 11 is 6.07. The highest BCUT2D eigenvalue weighted by atomic mass is 35.5. The number of benzene rings is 3. The third-order valence-electron chi connectivity index (χ3n) is 6.77. The van der Waals surface area contributed by atoms with Crippen LogP contribution in [0.25, 0.3) is 0 Å². The van der Waals surface area contributed by atoms with Crippen LogP contribution in [0.3, 0.4) is 0 Å². The Morgan fingerprint density at radius 3 is 2.08 bits per heavy atom. The van der Waals surface area contributed by atoms with Crippen molar-refractivity contribution in [3.63, 3.8) is 0 Å². The summed E-state index contributed by atoms with van der Waals surface area (Å²) in [7, 11) is 0. The summed E-state index contributed by atoms with van der Waals surface area (Å²) in [6, 6.07) is 25.6. The highest BCUT2D eigenvalue weighted by Gasteiger charge is 2.29. The van der Waals surface area contributed by atoms with E-state index in [1.807, 2.05) is 60.7 Å². The van der Waals surface area contributed by atoms with E-state index in [0.29, 0.717) is 35.4 Å². The molecule has 1 aliphatic rings. The molecule has 202 valence electrons. The number of amides is 3. The maximum Gasteiger partial charge on any atom is 0.305 e. The highest BCUT2D eigenvalue weighted by molar-refractivity contribution is 6.33. The van der Waals surface area contributed by atoms with E-state index in [4.69, 9.17) is 16.0 Å².